The molecule has 2 rings (SSSR count). The van der Waals surface area contributed by atoms with Crippen molar-refractivity contribution in [2.75, 3.05) is 38.5 Å². The fraction of sp³-hybridized carbons (Fsp3) is 0.714. The summed E-state index contributed by atoms with van der Waals surface area (Å²) in [5.41, 5.74) is 1.05. The molecule has 0 spiro atoms. The average Bonchev–Trinajstić information content (AvgIpc) is 2.89. The van der Waals surface area contributed by atoms with Gasteiger partial charge in [0.2, 0.25) is 0 Å². The van der Waals surface area contributed by atoms with E-state index in [1.54, 1.807) is 6.20 Å². The summed E-state index contributed by atoms with van der Waals surface area (Å²) in [6.07, 6.45) is 4.94. The second kappa shape index (κ2) is 6.82. The highest BCUT2D eigenvalue weighted by Gasteiger charge is 2.26. The third-order valence-corrected chi connectivity index (χ3v) is 3.92. The Labute approximate surface area is 116 Å². The van der Waals surface area contributed by atoms with Crippen LogP contribution in [0.2, 0.25) is 0 Å². The number of anilines is 1. The van der Waals surface area contributed by atoms with Crippen molar-refractivity contribution >= 4 is 5.82 Å². The minimum absolute atomic E-state index is 0.708. The third-order valence-electron chi connectivity index (χ3n) is 3.92. The molecule has 5 nitrogen and oxygen atoms in total. The molecule has 19 heavy (non-hydrogen) atoms. The zero-order valence-electron chi connectivity index (χ0n) is 12.3. The number of aromatic nitrogens is 2. The van der Waals surface area contributed by atoms with Crippen LogP contribution in [0, 0.1) is 0 Å². The van der Waals surface area contributed by atoms with Crippen LogP contribution in [0.5, 0.6) is 0 Å². The third kappa shape index (κ3) is 3.64. The zero-order valence-corrected chi connectivity index (χ0v) is 12.3. The van der Waals surface area contributed by atoms with Gasteiger partial charge in [0.05, 0.1) is 18.1 Å². The summed E-state index contributed by atoms with van der Waals surface area (Å²) in [5.74, 6) is 0.825. The van der Waals surface area contributed by atoms with Crippen molar-refractivity contribution in [1.82, 2.24) is 19.8 Å². The molecule has 106 valence electrons. The van der Waals surface area contributed by atoms with Crippen molar-refractivity contribution in [3.05, 3.63) is 18.1 Å². The maximum atomic E-state index is 4.44. The second-order valence-corrected chi connectivity index (χ2v) is 5.04. The minimum atomic E-state index is 0.708. The molecule has 0 aromatic carbocycles. The van der Waals surface area contributed by atoms with E-state index >= 15 is 0 Å². The zero-order chi connectivity index (χ0) is 13.7. The SMILES string of the molecule is CCN(CC)C1CCN(Cc2cnc(NC)cn2)C1. The summed E-state index contributed by atoms with van der Waals surface area (Å²) in [4.78, 5) is 13.8. The molecular weight excluding hydrogens is 238 g/mol. The topological polar surface area (TPSA) is 44.3 Å². The first-order valence-corrected chi connectivity index (χ1v) is 7.21. The van der Waals surface area contributed by atoms with Crippen molar-refractivity contribution in [3.8, 4) is 0 Å². The van der Waals surface area contributed by atoms with E-state index in [-0.39, 0.29) is 0 Å². The Balaban J connectivity index is 1.87. The van der Waals surface area contributed by atoms with Crippen molar-refractivity contribution < 1.29 is 0 Å². The lowest BCUT2D eigenvalue weighted by molar-refractivity contribution is 0.208. The van der Waals surface area contributed by atoms with Crippen LogP contribution in [-0.2, 0) is 6.54 Å². The number of likely N-dealkylation sites (tertiary alicyclic amines) is 1. The monoisotopic (exact) mass is 263 g/mol. The van der Waals surface area contributed by atoms with Crippen LogP contribution in [0.4, 0.5) is 5.82 Å². The first-order valence-electron chi connectivity index (χ1n) is 7.21. The molecule has 0 aliphatic carbocycles. The first kappa shape index (κ1) is 14.2. The van der Waals surface area contributed by atoms with Crippen LogP contribution in [0.15, 0.2) is 12.4 Å². The normalized spacial score (nSPS) is 20.1. The van der Waals surface area contributed by atoms with Crippen LogP contribution < -0.4 is 5.32 Å². The molecule has 0 amide bonds. The number of likely N-dealkylation sites (N-methyl/N-ethyl adjacent to an activating group) is 1. The van der Waals surface area contributed by atoms with Gasteiger partial charge in [-0.1, -0.05) is 13.8 Å². The van der Waals surface area contributed by atoms with Crippen molar-refractivity contribution in [2.45, 2.75) is 32.9 Å². The van der Waals surface area contributed by atoms with E-state index in [0.29, 0.717) is 6.04 Å². The maximum absolute atomic E-state index is 4.44. The Morgan fingerprint density at radius 1 is 1.32 bits per heavy atom. The van der Waals surface area contributed by atoms with E-state index in [1.807, 2.05) is 13.2 Å². The summed E-state index contributed by atoms with van der Waals surface area (Å²) in [7, 11) is 1.86. The predicted octanol–water partition coefficient (Wildman–Crippen LogP) is 1.43. The molecule has 5 heteroatoms. The van der Waals surface area contributed by atoms with Gasteiger partial charge in [-0.25, -0.2) is 4.98 Å². The molecule has 1 atom stereocenters. The molecule has 1 aliphatic rings. The summed E-state index contributed by atoms with van der Waals surface area (Å²) in [5, 5.41) is 2.99. The molecule has 1 aromatic rings. The number of nitrogens with one attached hydrogen (secondary N) is 1. The number of nitrogens with zero attached hydrogens (tertiary/aromatic N) is 4. The van der Waals surface area contributed by atoms with Crippen LogP contribution >= 0.6 is 0 Å². The molecule has 1 aromatic heterocycles. The van der Waals surface area contributed by atoms with Gasteiger partial charge in [-0.15, -0.1) is 0 Å². The Bertz CT molecular complexity index is 374. The number of hydrogen-bond donors (Lipinski definition) is 1. The standard InChI is InChI=1S/C14H25N5/c1-4-19(5-2)13-6-7-18(11-13)10-12-8-17-14(15-3)9-16-12/h8-9,13H,4-7,10-11H2,1-3H3,(H,15,17). The average molecular weight is 263 g/mol. The van der Waals surface area contributed by atoms with Gasteiger partial charge in [-0.3, -0.25) is 14.8 Å². The van der Waals surface area contributed by atoms with E-state index in [2.05, 4.69) is 38.9 Å². The van der Waals surface area contributed by atoms with E-state index in [4.69, 9.17) is 0 Å². The van der Waals surface area contributed by atoms with Gasteiger partial charge >= 0.3 is 0 Å². The van der Waals surface area contributed by atoms with Gasteiger partial charge in [0.25, 0.3) is 0 Å². The molecule has 2 heterocycles. The highest BCUT2D eigenvalue weighted by Crippen LogP contribution is 2.17. The molecule has 1 saturated heterocycles. The van der Waals surface area contributed by atoms with E-state index in [1.165, 1.54) is 6.42 Å². The van der Waals surface area contributed by atoms with Crippen LogP contribution in [0.25, 0.3) is 0 Å². The van der Waals surface area contributed by atoms with Crippen molar-refractivity contribution in [3.63, 3.8) is 0 Å². The number of hydrogen-bond acceptors (Lipinski definition) is 5. The second-order valence-electron chi connectivity index (χ2n) is 5.04. The molecule has 0 radical (unpaired) electrons. The van der Waals surface area contributed by atoms with Gasteiger partial charge in [0, 0.05) is 32.7 Å². The van der Waals surface area contributed by atoms with Crippen LogP contribution in [0.1, 0.15) is 26.0 Å². The van der Waals surface area contributed by atoms with Crippen LogP contribution in [0.3, 0.4) is 0 Å². The van der Waals surface area contributed by atoms with Gasteiger partial charge in [0.1, 0.15) is 5.82 Å². The Morgan fingerprint density at radius 3 is 2.68 bits per heavy atom. The molecule has 0 bridgehead atoms. The molecule has 1 unspecified atom stereocenters. The largest absolute Gasteiger partial charge is 0.372 e. The maximum Gasteiger partial charge on any atom is 0.144 e. The van der Waals surface area contributed by atoms with Gasteiger partial charge < -0.3 is 5.32 Å². The van der Waals surface area contributed by atoms with E-state index in [9.17, 15) is 0 Å². The Hall–Kier alpha value is -1.20. The molecule has 1 fully saturated rings. The highest BCUT2D eigenvalue weighted by atomic mass is 15.2. The minimum Gasteiger partial charge on any atom is -0.372 e. The molecule has 0 saturated carbocycles. The molecular formula is C14H25N5. The fourth-order valence-corrected chi connectivity index (χ4v) is 2.79. The Morgan fingerprint density at radius 2 is 2.11 bits per heavy atom. The summed E-state index contributed by atoms with van der Waals surface area (Å²) < 4.78 is 0. The van der Waals surface area contributed by atoms with Gasteiger partial charge in [-0.05, 0) is 19.5 Å². The fourth-order valence-electron chi connectivity index (χ4n) is 2.79. The lowest BCUT2D eigenvalue weighted by atomic mass is 10.2. The Kier molecular flexibility index (Phi) is 5.10. The van der Waals surface area contributed by atoms with Gasteiger partial charge in [-0.2, -0.15) is 0 Å². The van der Waals surface area contributed by atoms with Gasteiger partial charge in [0.15, 0.2) is 0 Å². The lowest BCUT2D eigenvalue weighted by Gasteiger charge is -2.26. The lowest BCUT2D eigenvalue weighted by Crippen LogP contribution is -2.37. The summed E-state index contributed by atoms with van der Waals surface area (Å²) in [6, 6.07) is 0.708. The molecule has 1 N–H and O–H groups in total. The van der Waals surface area contributed by atoms with Crippen LogP contribution in [-0.4, -0.2) is 59.0 Å². The van der Waals surface area contributed by atoms with Crippen molar-refractivity contribution in [2.24, 2.45) is 0 Å². The predicted molar refractivity (Wildman–Crippen MR) is 78.2 cm³/mol. The van der Waals surface area contributed by atoms with E-state index in [0.717, 1.165) is 44.2 Å². The molecule has 1 aliphatic heterocycles. The number of rotatable bonds is 6. The summed E-state index contributed by atoms with van der Waals surface area (Å²) >= 11 is 0. The van der Waals surface area contributed by atoms with Crippen molar-refractivity contribution in [1.29, 1.82) is 0 Å². The smallest absolute Gasteiger partial charge is 0.144 e. The van der Waals surface area contributed by atoms with E-state index < -0.39 is 0 Å². The quantitative estimate of drug-likeness (QED) is 0.841. The summed E-state index contributed by atoms with van der Waals surface area (Å²) in [6.45, 7) is 10.0. The first-order chi connectivity index (χ1) is 9.26. The highest BCUT2D eigenvalue weighted by molar-refractivity contribution is 5.29.